The minimum absolute atomic E-state index is 0.134. The number of nitrogens with zero attached hydrogens (tertiary/aromatic N) is 2. The number of carbonyl (C=O) groups is 1. The van der Waals surface area contributed by atoms with Crippen LogP contribution in [0.2, 0.25) is 0 Å². The lowest BCUT2D eigenvalue weighted by Crippen LogP contribution is -1.99. The molecule has 6 heteroatoms. The van der Waals surface area contributed by atoms with Crippen molar-refractivity contribution >= 4 is 17.3 Å². The van der Waals surface area contributed by atoms with Gasteiger partial charge in [0.15, 0.2) is 5.69 Å². The predicted molar refractivity (Wildman–Crippen MR) is 52.3 cm³/mol. The molecule has 0 unspecified atom stereocenters. The van der Waals surface area contributed by atoms with Gasteiger partial charge >= 0.3 is 5.97 Å². The van der Waals surface area contributed by atoms with Crippen LogP contribution in [0.15, 0.2) is 24.0 Å². The molecule has 2 aromatic rings. The lowest BCUT2D eigenvalue weighted by molar-refractivity contribution is 0.0692. The van der Waals surface area contributed by atoms with Gasteiger partial charge in [0, 0.05) is 11.8 Å². The van der Waals surface area contributed by atoms with Gasteiger partial charge in [0.1, 0.15) is 5.82 Å². The first kappa shape index (κ1) is 9.72. The zero-order valence-electron chi connectivity index (χ0n) is 7.35. The Labute approximate surface area is 88.1 Å². The second-order valence-corrected chi connectivity index (χ2v) is 3.55. The van der Waals surface area contributed by atoms with Crippen molar-refractivity contribution in [1.29, 1.82) is 0 Å². The second kappa shape index (κ2) is 3.74. The maximum Gasteiger partial charge on any atom is 0.356 e. The van der Waals surface area contributed by atoms with E-state index in [1.807, 2.05) is 0 Å². The molecule has 2 aromatic heterocycles. The highest BCUT2D eigenvalue weighted by molar-refractivity contribution is 7.13. The van der Waals surface area contributed by atoms with Crippen molar-refractivity contribution in [1.82, 2.24) is 9.97 Å². The molecule has 2 rings (SSSR count). The van der Waals surface area contributed by atoms with Gasteiger partial charge in [0.25, 0.3) is 0 Å². The fourth-order valence-corrected chi connectivity index (χ4v) is 1.96. The molecule has 0 saturated carbocycles. The Morgan fingerprint density at radius 3 is 3.00 bits per heavy atom. The Bertz CT molecular complexity index is 512. The molecule has 15 heavy (non-hydrogen) atoms. The summed E-state index contributed by atoms with van der Waals surface area (Å²) in [6.07, 6.45) is 2.45. The summed E-state index contributed by atoms with van der Waals surface area (Å²) in [6.45, 7) is 0. The highest BCUT2D eigenvalue weighted by Gasteiger charge is 2.17. The fraction of sp³-hybridized carbons (Fsp3) is 0. The van der Waals surface area contributed by atoms with Gasteiger partial charge in [-0.05, 0) is 6.07 Å². The van der Waals surface area contributed by atoms with Crippen molar-refractivity contribution in [2.75, 3.05) is 0 Å². The Morgan fingerprint density at radius 2 is 2.33 bits per heavy atom. The zero-order chi connectivity index (χ0) is 10.8. The first-order valence-electron chi connectivity index (χ1n) is 3.97. The number of aromatic carboxylic acids is 1. The zero-order valence-corrected chi connectivity index (χ0v) is 8.16. The van der Waals surface area contributed by atoms with Crippen LogP contribution < -0.4 is 0 Å². The summed E-state index contributed by atoms with van der Waals surface area (Å²) in [7, 11) is 0. The first-order chi connectivity index (χ1) is 7.20. The average molecular weight is 224 g/mol. The van der Waals surface area contributed by atoms with Gasteiger partial charge in [0.05, 0.1) is 16.6 Å². The number of hydrogen-bond donors (Lipinski definition) is 1. The Kier molecular flexibility index (Phi) is 2.42. The normalized spacial score (nSPS) is 10.2. The maximum absolute atomic E-state index is 13.3. The summed E-state index contributed by atoms with van der Waals surface area (Å²) in [5, 5.41) is 8.81. The summed E-state index contributed by atoms with van der Waals surface area (Å²) >= 11 is 1.09. The molecule has 4 nitrogen and oxygen atoms in total. The standard InChI is InChI=1S/C9H5FN2O2S/c10-6-3-11-2-1-5(6)8-7(9(13)14)12-4-15-8/h1-4H,(H,13,14). The van der Waals surface area contributed by atoms with E-state index in [4.69, 9.17) is 5.11 Å². The number of hydrogen-bond acceptors (Lipinski definition) is 4. The van der Waals surface area contributed by atoms with Gasteiger partial charge < -0.3 is 5.11 Å². The number of halogens is 1. The average Bonchev–Trinajstić information content (AvgIpc) is 2.67. The largest absolute Gasteiger partial charge is 0.476 e. The van der Waals surface area contributed by atoms with Gasteiger partial charge in [-0.25, -0.2) is 14.2 Å². The third-order valence-corrected chi connectivity index (χ3v) is 2.65. The third kappa shape index (κ3) is 1.71. The molecule has 0 atom stereocenters. The number of pyridine rings is 1. The van der Waals surface area contributed by atoms with E-state index in [0.29, 0.717) is 4.88 Å². The topological polar surface area (TPSA) is 63.1 Å². The fourth-order valence-electron chi connectivity index (χ4n) is 1.15. The number of aromatic nitrogens is 2. The third-order valence-electron chi connectivity index (χ3n) is 1.79. The van der Waals surface area contributed by atoms with Gasteiger partial charge in [-0.2, -0.15) is 0 Å². The minimum atomic E-state index is -1.16. The summed E-state index contributed by atoms with van der Waals surface area (Å²) in [4.78, 5) is 18.3. The minimum Gasteiger partial charge on any atom is -0.476 e. The van der Waals surface area contributed by atoms with Crippen LogP contribution in [0, 0.1) is 5.82 Å². The smallest absolute Gasteiger partial charge is 0.356 e. The molecule has 0 amide bonds. The predicted octanol–water partition coefficient (Wildman–Crippen LogP) is 2.04. The van der Waals surface area contributed by atoms with E-state index in [1.54, 1.807) is 0 Å². The van der Waals surface area contributed by atoms with Gasteiger partial charge in [-0.15, -0.1) is 11.3 Å². The number of carboxylic acids is 1. The molecule has 0 aliphatic carbocycles. The Balaban J connectivity index is 2.59. The van der Waals surface area contributed by atoms with Crippen LogP contribution >= 0.6 is 11.3 Å². The van der Waals surface area contributed by atoms with Crippen molar-refractivity contribution in [3.8, 4) is 10.4 Å². The molecular formula is C9H5FN2O2S. The SMILES string of the molecule is O=C(O)c1ncsc1-c1ccncc1F. The van der Waals surface area contributed by atoms with E-state index >= 15 is 0 Å². The molecule has 0 fully saturated rings. The molecule has 0 aliphatic heterocycles. The van der Waals surface area contributed by atoms with Crippen LogP contribution in [0.5, 0.6) is 0 Å². The van der Waals surface area contributed by atoms with Crippen LogP contribution in [-0.4, -0.2) is 21.0 Å². The first-order valence-corrected chi connectivity index (χ1v) is 4.85. The molecular weight excluding hydrogens is 219 g/mol. The van der Waals surface area contributed by atoms with Gasteiger partial charge in [0.2, 0.25) is 0 Å². The van der Waals surface area contributed by atoms with E-state index in [0.717, 1.165) is 17.5 Å². The van der Waals surface area contributed by atoms with Crippen molar-refractivity contribution in [3.63, 3.8) is 0 Å². The lowest BCUT2D eigenvalue weighted by Gasteiger charge is -1.99. The Morgan fingerprint density at radius 1 is 1.53 bits per heavy atom. The van der Waals surface area contributed by atoms with Crippen molar-refractivity contribution in [2.24, 2.45) is 0 Å². The second-order valence-electron chi connectivity index (χ2n) is 2.69. The van der Waals surface area contributed by atoms with Crippen LogP contribution in [0.1, 0.15) is 10.5 Å². The molecule has 1 N–H and O–H groups in total. The number of rotatable bonds is 2. The summed E-state index contributed by atoms with van der Waals surface area (Å²) in [5.41, 5.74) is 1.45. The highest BCUT2D eigenvalue weighted by Crippen LogP contribution is 2.29. The van der Waals surface area contributed by atoms with Crippen molar-refractivity contribution in [2.45, 2.75) is 0 Å². The summed E-state index contributed by atoms with van der Waals surface area (Å²) in [5.74, 6) is -1.72. The van der Waals surface area contributed by atoms with Crippen LogP contribution in [0.3, 0.4) is 0 Å². The highest BCUT2D eigenvalue weighted by atomic mass is 32.1. The molecule has 0 aromatic carbocycles. The van der Waals surface area contributed by atoms with Crippen molar-refractivity contribution < 1.29 is 14.3 Å². The van der Waals surface area contributed by atoms with E-state index < -0.39 is 11.8 Å². The Hall–Kier alpha value is -1.82. The van der Waals surface area contributed by atoms with E-state index in [2.05, 4.69) is 9.97 Å². The maximum atomic E-state index is 13.3. The summed E-state index contributed by atoms with van der Waals surface area (Å²) < 4.78 is 13.3. The molecule has 0 aliphatic rings. The van der Waals surface area contributed by atoms with Crippen LogP contribution in [-0.2, 0) is 0 Å². The molecule has 2 heterocycles. The van der Waals surface area contributed by atoms with Crippen molar-refractivity contribution in [3.05, 3.63) is 35.5 Å². The quantitative estimate of drug-likeness (QED) is 0.847. The summed E-state index contributed by atoms with van der Waals surface area (Å²) in [6, 6.07) is 1.43. The molecule has 76 valence electrons. The molecule has 0 spiro atoms. The van der Waals surface area contributed by atoms with Crippen LogP contribution in [0.25, 0.3) is 10.4 Å². The van der Waals surface area contributed by atoms with Gasteiger partial charge in [-0.1, -0.05) is 0 Å². The molecule has 0 radical (unpaired) electrons. The van der Waals surface area contributed by atoms with E-state index in [-0.39, 0.29) is 11.3 Å². The van der Waals surface area contributed by atoms with E-state index in [1.165, 1.54) is 17.8 Å². The van der Waals surface area contributed by atoms with E-state index in [9.17, 15) is 9.18 Å². The lowest BCUT2D eigenvalue weighted by atomic mass is 10.2. The molecule has 0 bridgehead atoms. The monoisotopic (exact) mass is 224 g/mol. The number of carboxylic acid groups (broad SMARTS) is 1. The molecule has 0 saturated heterocycles. The van der Waals surface area contributed by atoms with Gasteiger partial charge in [-0.3, -0.25) is 4.98 Å². The van der Waals surface area contributed by atoms with Crippen LogP contribution in [0.4, 0.5) is 4.39 Å². The number of thiazole rings is 1.